The molecular weight excluding hydrogens is 324 g/mol. The standard InChI is InChI=1S/C18H21BrN2/c1-14-11-18(20-17-9-7-16(19)8-10-17)13-21(14)12-15-5-3-2-4-6-15/h2-10,14,18,20H,11-13H2,1H3. The zero-order valence-corrected chi connectivity index (χ0v) is 13.9. The van der Waals surface area contributed by atoms with E-state index in [-0.39, 0.29) is 0 Å². The zero-order chi connectivity index (χ0) is 14.7. The lowest BCUT2D eigenvalue weighted by atomic mass is 10.2. The lowest BCUT2D eigenvalue weighted by Crippen LogP contribution is -2.28. The molecule has 2 unspecified atom stereocenters. The van der Waals surface area contributed by atoms with Crippen LogP contribution in [0.5, 0.6) is 0 Å². The number of anilines is 1. The van der Waals surface area contributed by atoms with E-state index in [2.05, 4.69) is 87.7 Å². The van der Waals surface area contributed by atoms with Gasteiger partial charge in [0.25, 0.3) is 0 Å². The van der Waals surface area contributed by atoms with Crippen LogP contribution >= 0.6 is 15.9 Å². The highest BCUT2D eigenvalue weighted by Crippen LogP contribution is 2.23. The first kappa shape index (κ1) is 14.6. The quantitative estimate of drug-likeness (QED) is 0.876. The number of hydrogen-bond acceptors (Lipinski definition) is 2. The van der Waals surface area contributed by atoms with Gasteiger partial charge in [-0.25, -0.2) is 0 Å². The molecule has 2 aromatic carbocycles. The largest absolute Gasteiger partial charge is 0.381 e. The predicted molar refractivity (Wildman–Crippen MR) is 92.5 cm³/mol. The first-order valence-corrected chi connectivity index (χ1v) is 8.30. The molecule has 1 N–H and O–H groups in total. The summed E-state index contributed by atoms with van der Waals surface area (Å²) in [5, 5.41) is 3.65. The number of hydrogen-bond donors (Lipinski definition) is 1. The molecule has 0 saturated carbocycles. The van der Waals surface area contributed by atoms with Gasteiger partial charge in [-0.1, -0.05) is 46.3 Å². The Bertz CT molecular complexity index is 568. The van der Waals surface area contributed by atoms with Crippen LogP contribution in [0.15, 0.2) is 59.1 Å². The van der Waals surface area contributed by atoms with Gasteiger partial charge in [-0.2, -0.15) is 0 Å². The van der Waals surface area contributed by atoms with Crippen molar-refractivity contribution in [3.05, 3.63) is 64.6 Å². The molecule has 1 fully saturated rings. The van der Waals surface area contributed by atoms with Crippen molar-refractivity contribution in [3.63, 3.8) is 0 Å². The molecule has 0 spiro atoms. The van der Waals surface area contributed by atoms with Gasteiger partial charge < -0.3 is 5.32 Å². The van der Waals surface area contributed by atoms with Gasteiger partial charge in [0, 0.05) is 35.3 Å². The van der Waals surface area contributed by atoms with Crippen LogP contribution in [0, 0.1) is 0 Å². The van der Waals surface area contributed by atoms with Gasteiger partial charge in [-0.3, -0.25) is 4.90 Å². The molecular formula is C18H21BrN2. The summed E-state index contributed by atoms with van der Waals surface area (Å²) in [6, 6.07) is 20.3. The van der Waals surface area contributed by atoms with E-state index in [4.69, 9.17) is 0 Å². The number of likely N-dealkylation sites (tertiary alicyclic amines) is 1. The molecule has 110 valence electrons. The second-order valence-electron chi connectivity index (χ2n) is 5.85. The van der Waals surface area contributed by atoms with Gasteiger partial charge in [0.2, 0.25) is 0 Å². The van der Waals surface area contributed by atoms with Crippen molar-refractivity contribution in [1.29, 1.82) is 0 Å². The summed E-state index contributed by atoms with van der Waals surface area (Å²) in [7, 11) is 0. The average molecular weight is 345 g/mol. The fourth-order valence-electron chi connectivity index (χ4n) is 3.02. The summed E-state index contributed by atoms with van der Waals surface area (Å²) in [6.45, 7) is 4.47. The van der Waals surface area contributed by atoms with Crippen LogP contribution in [0.4, 0.5) is 5.69 Å². The number of benzene rings is 2. The molecule has 0 aliphatic carbocycles. The van der Waals surface area contributed by atoms with Crippen LogP contribution in [0.2, 0.25) is 0 Å². The summed E-state index contributed by atoms with van der Waals surface area (Å²) >= 11 is 3.48. The van der Waals surface area contributed by atoms with Crippen LogP contribution in [-0.4, -0.2) is 23.5 Å². The average Bonchev–Trinajstić information content (AvgIpc) is 2.82. The molecule has 1 aliphatic rings. The summed E-state index contributed by atoms with van der Waals surface area (Å²) in [5.74, 6) is 0. The van der Waals surface area contributed by atoms with Crippen molar-refractivity contribution in [2.75, 3.05) is 11.9 Å². The van der Waals surface area contributed by atoms with Gasteiger partial charge in [0.15, 0.2) is 0 Å². The Morgan fingerprint density at radius 3 is 2.52 bits per heavy atom. The molecule has 0 amide bonds. The van der Waals surface area contributed by atoms with Crippen molar-refractivity contribution in [3.8, 4) is 0 Å². The van der Waals surface area contributed by atoms with Gasteiger partial charge >= 0.3 is 0 Å². The molecule has 1 saturated heterocycles. The van der Waals surface area contributed by atoms with E-state index in [1.165, 1.54) is 17.7 Å². The van der Waals surface area contributed by atoms with E-state index in [0.717, 1.165) is 17.6 Å². The third-order valence-electron chi connectivity index (χ3n) is 4.15. The maximum atomic E-state index is 3.65. The molecule has 1 heterocycles. The first-order chi connectivity index (χ1) is 10.2. The molecule has 0 radical (unpaired) electrons. The third kappa shape index (κ3) is 3.86. The van der Waals surface area contributed by atoms with Gasteiger partial charge in [0.1, 0.15) is 0 Å². The maximum Gasteiger partial charge on any atom is 0.0403 e. The van der Waals surface area contributed by atoms with Gasteiger partial charge in [-0.15, -0.1) is 0 Å². The van der Waals surface area contributed by atoms with E-state index in [9.17, 15) is 0 Å². The number of halogens is 1. The fraction of sp³-hybridized carbons (Fsp3) is 0.333. The first-order valence-electron chi connectivity index (χ1n) is 7.51. The highest BCUT2D eigenvalue weighted by atomic mass is 79.9. The molecule has 3 rings (SSSR count). The second-order valence-corrected chi connectivity index (χ2v) is 6.76. The SMILES string of the molecule is CC1CC(Nc2ccc(Br)cc2)CN1Cc1ccccc1. The van der Waals surface area contributed by atoms with E-state index in [0.29, 0.717) is 12.1 Å². The topological polar surface area (TPSA) is 15.3 Å². The molecule has 2 atom stereocenters. The monoisotopic (exact) mass is 344 g/mol. The Morgan fingerprint density at radius 1 is 1.10 bits per heavy atom. The zero-order valence-electron chi connectivity index (χ0n) is 12.3. The number of nitrogens with one attached hydrogen (secondary N) is 1. The molecule has 0 bridgehead atoms. The lowest BCUT2D eigenvalue weighted by Gasteiger charge is -2.21. The molecule has 2 nitrogen and oxygen atoms in total. The van der Waals surface area contributed by atoms with E-state index < -0.39 is 0 Å². The Kier molecular flexibility index (Phi) is 4.61. The van der Waals surface area contributed by atoms with E-state index >= 15 is 0 Å². The molecule has 1 aliphatic heterocycles. The minimum absolute atomic E-state index is 0.532. The van der Waals surface area contributed by atoms with Crippen LogP contribution in [0.3, 0.4) is 0 Å². The Labute approximate surface area is 135 Å². The fourth-order valence-corrected chi connectivity index (χ4v) is 3.29. The highest BCUT2D eigenvalue weighted by molar-refractivity contribution is 9.10. The predicted octanol–water partition coefficient (Wildman–Crippen LogP) is 4.52. The van der Waals surface area contributed by atoms with E-state index in [1.54, 1.807) is 0 Å². The maximum absolute atomic E-state index is 3.65. The Morgan fingerprint density at radius 2 is 1.81 bits per heavy atom. The van der Waals surface area contributed by atoms with E-state index in [1.807, 2.05) is 0 Å². The van der Waals surface area contributed by atoms with Gasteiger partial charge in [-0.05, 0) is 43.2 Å². The van der Waals surface area contributed by atoms with Gasteiger partial charge in [0.05, 0.1) is 0 Å². The Balaban J connectivity index is 1.59. The van der Waals surface area contributed by atoms with Crippen LogP contribution in [-0.2, 0) is 6.54 Å². The van der Waals surface area contributed by atoms with Crippen molar-refractivity contribution < 1.29 is 0 Å². The van der Waals surface area contributed by atoms with Crippen molar-refractivity contribution >= 4 is 21.6 Å². The van der Waals surface area contributed by atoms with Crippen molar-refractivity contribution in [2.45, 2.75) is 32.0 Å². The summed E-state index contributed by atoms with van der Waals surface area (Å²) < 4.78 is 1.12. The minimum atomic E-state index is 0.532. The Hall–Kier alpha value is -1.32. The normalized spacial score (nSPS) is 22.4. The summed E-state index contributed by atoms with van der Waals surface area (Å²) in [4.78, 5) is 2.56. The molecule has 21 heavy (non-hydrogen) atoms. The minimum Gasteiger partial charge on any atom is -0.381 e. The van der Waals surface area contributed by atoms with Crippen LogP contribution < -0.4 is 5.32 Å². The highest BCUT2D eigenvalue weighted by Gasteiger charge is 2.28. The molecule has 3 heteroatoms. The van der Waals surface area contributed by atoms with Crippen molar-refractivity contribution in [2.24, 2.45) is 0 Å². The number of nitrogens with zero attached hydrogens (tertiary/aromatic N) is 1. The molecule has 2 aromatic rings. The van der Waals surface area contributed by atoms with Crippen LogP contribution in [0.25, 0.3) is 0 Å². The second kappa shape index (κ2) is 6.63. The summed E-state index contributed by atoms with van der Waals surface area (Å²) in [6.07, 6.45) is 1.20. The number of rotatable bonds is 4. The summed E-state index contributed by atoms with van der Waals surface area (Å²) in [5.41, 5.74) is 2.60. The van der Waals surface area contributed by atoms with Crippen LogP contribution in [0.1, 0.15) is 18.9 Å². The smallest absolute Gasteiger partial charge is 0.0403 e. The lowest BCUT2D eigenvalue weighted by molar-refractivity contribution is 0.259. The molecule has 0 aromatic heterocycles. The third-order valence-corrected chi connectivity index (χ3v) is 4.68. The van der Waals surface area contributed by atoms with Crippen molar-refractivity contribution in [1.82, 2.24) is 4.90 Å².